The first-order valence-electron chi connectivity index (χ1n) is 5.59. The monoisotopic (exact) mass is 243 g/mol. The second-order valence-corrected chi connectivity index (χ2v) is 3.75. The van der Waals surface area contributed by atoms with Gasteiger partial charge in [0.05, 0.1) is 5.56 Å². The molecule has 5 nitrogen and oxygen atoms in total. The van der Waals surface area contributed by atoms with Gasteiger partial charge < -0.3 is 10.4 Å². The molecule has 2 aromatic rings. The van der Waals surface area contributed by atoms with Crippen molar-refractivity contribution in [2.24, 2.45) is 0 Å². The van der Waals surface area contributed by atoms with E-state index in [4.69, 9.17) is 5.11 Å². The van der Waals surface area contributed by atoms with Crippen LogP contribution in [0.4, 0.5) is 5.95 Å². The molecule has 5 heteroatoms. The van der Waals surface area contributed by atoms with Crippen LogP contribution in [0.1, 0.15) is 15.9 Å². The molecule has 0 radical (unpaired) electrons. The summed E-state index contributed by atoms with van der Waals surface area (Å²) in [5.74, 6) is -0.330. The first kappa shape index (κ1) is 12.0. The Kier molecular flexibility index (Phi) is 3.86. The van der Waals surface area contributed by atoms with E-state index < -0.39 is 5.97 Å². The van der Waals surface area contributed by atoms with E-state index in [0.29, 0.717) is 18.1 Å². The van der Waals surface area contributed by atoms with Gasteiger partial charge >= 0.3 is 5.97 Å². The minimum absolute atomic E-state index is 0.309. The summed E-state index contributed by atoms with van der Waals surface area (Å²) in [6.07, 6.45) is 4.06. The van der Waals surface area contributed by atoms with Crippen LogP contribution in [-0.2, 0) is 6.42 Å². The average molecular weight is 243 g/mol. The van der Waals surface area contributed by atoms with Crippen LogP contribution in [0.25, 0.3) is 0 Å². The van der Waals surface area contributed by atoms with E-state index in [1.165, 1.54) is 0 Å². The highest BCUT2D eigenvalue weighted by Crippen LogP contribution is 2.06. The van der Waals surface area contributed by atoms with Gasteiger partial charge in [0.2, 0.25) is 5.95 Å². The van der Waals surface area contributed by atoms with Gasteiger partial charge in [0.25, 0.3) is 0 Å². The number of hydrogen-bond acceptors (Lipinski definition) is 4. The van der Waals surface area contributed by atoms with Crippen molar-refractivity contribution in [1.29, 1.82) is 0 Å². The summed E-state index contributed by atoms with van der Waals surface area (Å²) in [6.45, 7) is 0.660. The first-order chi connectivity index (χ1) is 8.75. The van der Waals surface area contributed by atoms with Crippen molar-refractivity contribution in [2.45, 2.75) is 6.42 Å². The number of aromatic nitrogens is 2. The van der Waals surface area contributed by atoms with E-state index in [1.54, 1.807) is 36.7 Å². The molecule has 0 unspecified atom stereocenters. The lowest BCUT2D eigenvalue weighted by Crippen LogP contribution is -2.08. The molecule has 1 aromatic heterocycles. The first-order valence-corrected chi connectivity index (χ1v) is 5.59. The second kappa shape index (κ2) is 5.77. The van der Waals surface area contributed by atoms with E-state index in [0.717, 1.165) is 12.0 Å². The maximum absolute atomic E-state index is 10.8. The molecule has 2 N–H and O–H groups in total. The maximum Gasteiger partial charge on any atom is 0.335 e. The lowest BCUT2D eigenvalue weighted by atomic mass is 10.1. The number of carboxylic acid groups (broad SMARTS) is 1. The summed E-state index contributed by atoms with van der Waals surface area (Å²) in [4.78, 5) is 18.9. The van der Waals surface area contributed by atoms with Crippen LogP contribution in [0.15, 0.2) is 42.7 Å². The second-order valence-electron chi connectivity index (χ2n) is 3.75. The number of nitrogens with one attached hydrogen (secondary N) is 1. The standard InChI is InChI=1S/C13H13N3O2/c17-12(18)11-4-1-3-10(9-11)5-8-16-13-14-6-2-7-15-13/h1-4,6-7,9H,5,8H2,(H,17,18)(H,14,15,16). The Morgan fingerprint density at radius 1 is 1.22 bits per heavy atom. The van der Waals surface area contributed by atoms with Gasteiger partial charge in [-0.1, -0.05) is 12.1 Å². The van der Waals surface area contributed by atoms with Crippen molar-refractivity contribution in [3.05, 3.63) is 53.9 Å². The Labute approximate surface area is 105 Å². The molecule has 0 fully saturated rings. The highest BCUT2D eigenvalue weighted by Gasteiger charge is 2.03. The van der Waals surface area contributed by atoms with E-state index in [1.807, 2.05) is 6.07 Å². The van der Waals surface area contributed by atoms with Crippen molar-refractivity contribution < 1.29 is 9.90 Å². The minimum Gasteiger partial charge on any atom is -0.478 e. The van der Waals surface area contributed by atoms with Crippen LogP contribution in [0.2, 0.25) is 0 Å². The molecule has 18 heavy (non-hydrogen) atoms. The molecule has 0 aliphatic heterocycles. The van der Waals surface area contributed by atoms with Crippen LogP contribution < -0.4 is 5.32 Å². The molecule has 2 rings (SSSR count). The number of aromatic carboxylic acids is 1. The largest absolute Gasteiger partial charge is 0.478 e. The zero-order chi connectivity index (χ0) is 12.8. The van der Waals surface area contributed by atoms with E-state index in [-0.39, 0.29) is 0 Å². The Balaban J connectivity index is 1.90. The number of benzene rings is 1. The Morgan fingerprint density at radius 3 is 2.72 bits per heavy atom. The van der Waals surface area contributed by atoms with Crippen molar-refractivity contribution in [2.75, 3.05) is 11.9 Å². The fourth-order valence-electron chi connectivity index (χ4n) is 1.57. The van der Waals surface area contributed by atoms with Gasteiger partial charge in [-0.15, -0.1) is 0 Å². The quantitative estimate of drug-likeness (QED) is 0.838. The van der Waals surface area contributed by atoms with E-state index in [9.17, 15) is 4.79 Å². The molecule has 0 spiro atoms. The van der Waals surface area contributed by atoms with Crippen LogP contribution >= 0.6 is 0 Å². The summed E-state index contributed by atoms with van der Waals surface area (Å²) in [5, 5.41) is 11.9. The van der Waals surface area contributed by atoms with E-state index >= 15 is 0 Å². The molecule has 0 aliphatic rings. The van der Waals surface area contributed by atoms with Gasteiger partial charge in [0.15, 0.2) is 0 Å². The van der Waals surface area contributed by atoms with Gasteiger partial charge in [-0.25, -0.2) is 14.8 Å². The SMILES string of the molecule is O=C(O)c1cccc(CCNc2ncccn2)c1. The summed E-state index contributed by atoms with van der Waals surface area (Å²) < 4.78 is 0. The molecular weight excluding hydrogens is 230 g/mol. The molecule has 92 valence electrons. The van der Waals surface area contributed by atoms with Gasteiger partial charge in [0.1, 0.15) is 0 Å². The van der Waals surface area contributed by atoms with Crippen molar-refractivity contribution in [3.8, 4) is 0 Å². The van der Waals surface area contributed by atoms with Gasteiger partial charge in [-0.05, 0) is 30.2 Å². The number of rotatable bonds is 5. The summed E-state index contributed by atoms with van der Waals surface area (Å²) >= 11 is 0. The zero-order valence-electron chi connectivity index (χ0n) is 9.71. The van der Waals surface area contributed by atoms with Crippen LogP contribution in [0, 0.1) is 0 Å². The molecular formula is C13H13N3O2. The molecule has 0 aliphatic carbocycles. The summed E-state index contributed by atoms with van der Waals surface area (Å²) in [6, 6.07) is 8.66. The van der Waals surface area contributed by atoms with Crippen molar-refractivity contribution in [1.82, 2.24) is 9.97 Å². The topological polar surface area (TPSA) is 75.1 Å². The normalized spacial score (nSPS) is 10.0. The molecule has 0 bridgehead atoms. The predicted molar refractivity (Wildman–Crippen MR) is 67.6 cm³/mol. The fourth-order valence-corrected chi connectivity index (χ4v) is 1.57. The molecule has 1 aromatic carbocycles. The molecule has 0 amide bonds. The van der Waals surface area contributed by atoms with Gasteiger partial charge in [-0.2, -0.15) is 0 Å². The number of carbonyl (C=O) groups is 1. The highest BCUT2D eigenvalue weighted by molar-refractivity contribution is 5.87. The predicted octanol–water partition coefficient (Wildman–Crippen LogP) is 1.83. The third-order valence-corrected chi connectivity index (χ3v) is 2.44. The lowest BCUT2D eigenvalue weighted by Gasteiger charge is -2.05. The molecule has 1 heterocycles. The van der Waals surface area contributed by atoms with Gasteiger partial charge in [0, 0.05) is 18.9 Å². The number of hydrogen-bond donors (Lipinski definition) is 2. The number of carboxylic acids is 1. The fraction of sp³-hybridized carbons (Fsp3) is 0.154. The molecule has 0 saturated carbocycles. The number of nitrogens with zero attached hydrogens (tertiary/aromatic N) is 2. The van der Waals surface area contributed by atoms with Crippen LogP contribution in [0.5, 0.6) is 0 Å². The van der Waals surface area contributed by atoms with Crippen LogP contribution in [-0.4, -0.2) is 27.6 Å². The zero-order valence-corrected chi connectivity index (χ0v) is 9.71. The Bertz CT molecular complexity index is 529. The lowest BCUT2D eigenvalue weighted by molar-refractivity contribution is 0.0697. The van der Waals surface area contributed by atoms with E-state index in [2.05, 4.69) is 15.3 Å². The summed E-state index contributed by atoms with van der Waals surface area (Å²) in [5.41, 5.74) is 1.28. The molecule has 0 atom stereocenters. The molecule has 0 saturated heterocycles. The third-order valence-electron chi connectivity index (χ3n) is 2.44. The Hall–Kier alpha value is -2.43. The van der Waals surface area contributed by atoms with Crippen molar-refractivity contribution >= 4 is 11.9 Å². The average Bonchev–Trinajstić information content (AvgIpc) is 2.40. The van der Waals surface area contributed by atoms with Crippen LogP contribution in [0.3, 0.4) is 0 Å². The third kappa shape index (κ3) is 3.28. The summed E-state index contributed by atoms with van der Waals surface area (Å²) in [7, 11) is 0. The highest BCUT2D eigenvalue weighted by atomic mass is 16.4. The van der Waals surface area contributed by atoms with Crippen molar-refractivity contribution in [3.63, 3.8) is 0 Å². The smallest absolute Gasteiger partial charge is 0.335 e. The number of anilines is 1. The Morgan fingerprint density at radius 2 is 2.00 bits per heavy atom. The van der Waals surface area contributed by atoms with Gasteiger partial charge in [-0.3, -0.25) is 0 Å². The minimum atomic E-state index is -0.906. The maximum atomic E-state index is 10.8.